The average Bonchev–Trinajstić information content (AvgIpc) is 2.92. The van der Waals surface area contributed by atoms with Crippen LogP contribution in [0.3, 0.4) is 0 Å². The molecule has 1 atom stereocenters. The highest BCUT2D eigenvalue weighted by atomic mass is 32.1. The smallest absolute Gasteiger partial charge is 0.0601 e. The van der Waals surface area contributed by atoms with Gasteiger partial charge in [-0.2, -0.15) is 0 Å². The Morgan fingerprint density at radius 1 is 1.44 bits per heavy atom. The van der Waals surface area contributed by atoms with Gasteiger partial charge in [-0.15, -0.1) is 11.3 Å². The molecule has 0 amide bonds. The van der Waals surface area contributed by atoms with Crippen LogP contribution in [0.4, 0.5) is 0 Å². The van der Waals surface area contributed by atoms with Gasteiger partial charge in [0.05, 0.1) is 6.10 Å². The molecule has 0 spiro atoms. The largest absolute Gasteiger partial charge is 0.381 e. The highest BCUT2D eigenvalue weighted by molar-refractivity contribution is 7.10. The van der Waals surface area contributed by atoms with Crippen LogP contribution in [0.25, 0.3) is 0 Å². The molecule has 0 aromatic carbocycles. The van der Waals surface area contributed by atoms with Gasteiger partial charge in [-0.1, -0.05) is 6.07 Å². The molecule has 88 valence electrons. The third-order valence-electron chi connectivity index (χ3n) is 3.79. The van der Waals surface area contributed by atoms with E-state index in [4.69, 9.17) is 4.74 Å². The molecule has 0 saturated heterocycles. The van der Waals surface area contributed by atoms with Crippen LogP contribution in [0.15, 0.2) is 17.5 Å². The Morgan fingerprint density at radius 2 is 2.25 bits per heavy atom. The summed E-state index contributed by atoms with van der Waals surface area (Å²) in [6, 6.07) is 5.73. The molecule has 16 heavy (non-hydrogen) atoms. The quantitative estimate of drug-likeness (QED) is 0.850. The van der Waals surface area contributed by atoms with Crippen molar-refractivity contribution in [1.29, 1.82) is 0 Å². The van der Waals surface area contributed by atoms with Crippen LogP contribution in [0.1, 0.15) is 36.6 Å². The van der Waals surface area contributed by atoms with Gasteiger partial charge >= 0.3 is 0 Å². The van der Waals surface area contributed by atoms with Crippen LogP contribution in [0.2, 0.25) is 0 Å². The fourth-order valence-corrected chi connectivity index (χ4v) is 3.37. The molecule has 2 aliphatic carbocycles. The van der Waals surface area contributed by atoms with Gasteiger partial charge in [-0.05, 0) is 43.0 Å². The third-order valence-corrected chi connectivity index (χ3v) is 4.74. The first-order valence-electron chi connectivity index (χ1n) is 6.19. The second kappa shape index (κ2) is 4.47. The minimum atomic E-state index is 0.501. The molecule has 3 rings (SSSR count). The molecule has 1 N–H and O–H groups in total. The van der Waals surface area contributed by atoms with Crippen LogP contribution >= 0.6 is 11.3 Å². The Balaban J connectivity index is 1.58. The van der Waals surface area contributed by atoms with Crippen molar-refractivity contribution in [1.82, 2.24) is 5.32 Å². The van der Waals surface area contributed by atoms with Crippen LogP contribution < -0.4 is 5.32 Å². The summed E-state index contributed by atoms with van der Waals surface area (Å²) in [6.07, 6.45) is 5.67. The summed E-state index contributed by atoms with van der Waals surface area (Å²) in [5.74, 6) is 0.889. The van der Waals surface area contributed by atoms with Crippen LogP contribution in [0.5, 0.6) is 0 Å². The fraction of sp³-hybridized carbons (Fsp3) is 0.692. The predicted molar refractivity (Wildman–Crippen MR) is 66.7 cm³/mol. The zero-order valence-corrected chi connectivity index (χ0v) is 10.5. The third kappa shape index (κ3) is 2.17. The van der Waals surface area contributed by atoms with E-state index in [9.17, 15) is 0 Å². The topological polar surface area (TPSA) is 21.3 Å². The van der Waals surface area contributed by atoms with E-state index in [0.29, 0.717) is 18.2 Å². The lowest BCUT2D eigenvalue weighted by Crippen LogP contribution is -2.46. The molecule has 2 aliphatic rings. The van der Waals surface area contributed by atoms with Gasteiger partial charge in [0.15, 0.2) is 0 Å². The monoisotopic (exact) mass is 237 g/mol. The van der Waals surface area contributed by atoms with Gasteiger partial charge in [-0.3, -0.25) is 0 Å². The summed E-state index contributed by atoms with van der Waals surface area (Å²) in [5.41, 5.74) is 0. The van der Waals surface area contributed by atoms with E-state index in [0.717, 1.165) is 5.92 Å². The molecule has 2 nitrogen and oxygen atoms in total. The molecular weight excluding hydrogens is 218 g/mol. The molecule has 1 aromatic rings. The number of ether oxygens (including phenoxy) is 1. The average molecular weight is 237 g/mol. The second-order valence-corrected chi connectivity index (χ2v) is 6.00. The Morgan fingerprint density at radius 3 is 2.81 bits per heavy atom. The lowest BCUT2D eigenvalue weighted by Gasteiger charge is -2.37. The van der Waals surface area contributed by atoms with E-state index in [1.165, 1.54) is 30.6 Å². The van der Waals surface area contributed by atoms with E-state index in [2.05, 4.69) is 22.8 Å². The standard InChI is InChI=1S/C13H19NOS/c1-15-11-7-10(8-11)14-13(9-4-5-9)12-3-2-6-16-12/h2-3,6,9-11,13-14H,4-5,7-8H2,1H3. The Labute approximate surface area is 101 Å². The molecule has 0 bridgehead atoms. The number of thiophene rings is 1. The molecule has 3 heteroatoms. The first-order chi connectivity index (χ1) is 7.86. The van der Waals surface area contributed by atoms with Gasteiger partial charge in [-0.25, -0.2) is 0 Å². The number of hydrogen-bond acceptors (Lipinski definition) is 3. The molecule has 1 aromatic heterocycles. The Hall–Kier alpha value is -0.380. The van der Waals surface area contributed by atoms with Gasteiger partial charge in [0.25, 0.3) is 0 Å². The summed E-state index contributed by atoms with van der Waals surface area (Å²) in [7, 11) is 1.82. The maximum atomic E-state index is 5.33. The first kappa shape index (κ1) is 10.8. The zero-order chi connectivity index (χ0) is 11.0. The summed E-state index contributed by atoms with van der Waals surface area (Å²) in [5, 5.41) is 6.00. The Kier molecular flexibility index (Phi) is 3.01. The lowest BCUT2D eigenvalue weighted by molar-refractivity contribution is 0.0134. The molecule has 0 radical (unpaired) electrons. The highest BCUT2D eigenvalue weighted by Crippen LogP contribution is 2.43. The van der Waals surface area contributed by atoms with Crippen molar-refractivity contribution < 1.29 is 4.74 Å². The van der Waals surface area contributed by atoms with Crippen LogP contribution in [-0.2, 0) is 4.74 Å². The molecular formula is C13H19NOS. The molecule has 0 aliphatic heterocycles. The van der Waals surface area contributed by atoms with Crippen molar-refractivity contribution in [3.05, 3.63) is 22.4 Å². The minimum absolute atomic E-state index is 0.501. The van der Waals surface area contributed by atoms with Crippen molar-refractivity contribution in [3.8, 4) is 0 Å². The lowest BCUT2D eigenvalue weighted by atomic mass is 9.88. The van der Waals surface area contributed by atoms with Gasteiger partial charge in [0, 0.05) is 24.1 Å². The Bertz CT molecular complexity index is 328. The highest BCUT2D eigenvalue weighted by Gasteiger charge is 2.37. The van der Waals surface area contributed by atoms with Gasteiger partial charge in [0.1, 0.15) is 0 Å². The number of methoxy groups -OCH3 is 1. The fourth-order valence-electron chi connectivity index (χ4n) is 2.50. The first-order valence-corrected chi connectivity index (χ1v) is 7.07. The summed E-state index contributed by atoms with van der Waals surface area (Å²) in [4.78, 5) is 1.52. The van der Waals surface area contributed by atoms with Gasteiger partial charge in [0.2, 0.25) is 0 Å². The van der Waals surface area contributed by atoms with Crippen molar-refractivity contribution in [2.75, 3.05) is 7.11 Å². The number of nitrogens with one attached hydrogen (secondary N) is 1. The SMILES string of the molecule is COC1CC(NC(c2cccs2)C2CC2)C1. The maximum absolute atomic E-state index is 5.33. The molecule has 2 fully saturated rings. The summed E-state index contributed by atoms with van der Waals surface area (Å²) >= 11 is 1.89. The predicted octanol–water partition coefficient (Wildman–Crippen LogP) is 2.97. The maximum Gasteiger partial charge on any atom is 0.0601 e. The zero-order valence-electron chi connectivity index (χ0n) is 9.69. The van der Waals surface area contributed by atoms with Crippen LogP contribution in [0, 0.1) is 5.92 Å². The van der Waals surface area contributed by atoms with Crippen LogP contribution in [-0.4, -0.2) is 19.3 Å². The van der Waals surface area contributed by atoms with Gasteiger partial charge < -0.3 is 10.1 Å². The van der Waals surface area contributed by atoms with E-state index >= 15 is 0 Å². The number of rotatable bonds is 5. The van der Waals surface area contributed by atoms with Crippen molar-refractivity contribution in [2.45, 2.75) is 43.9 Å². The van der Waals surface area contributed by atoms with E-state index in [1.807, 2.05) is 18.4 Å². The van der Waals surface area contributed by atoms with E-state index in [1.54, 1.807) is 0 Å². The van der Waals surface area contributed by atoms with Crippen molar-refractivity contribution in [3.63, 3.8) is 0 Å². The van der Waals surface area contributed by atoms with Crippen molar-refractivity contribution in [2.24, 2.45) is 5.92 Å². The summed E-state index contributed by atoms with van der Waals surface area (Å²) in [6.45, 7) is 0. The van der Waals surface area contributed by atoms with Crippen molar-refractivity contribution >= 4 is 11.3 Å². The van der Waals surface area contributed by atoms with E-state index < -0.39 is 0 Å². The summed E-state index contributed by atoms with van der Waals surface area (Å²) < 4.78 is 5.33. The second-order valence-electron chi connectivity index (χ2n) is 5.02. The molecule has 2 saturated carbocycles. The number of hydrogen-bond donors (Lipinski definition) is 1. The molecule has 1 heterocycles. The van der Waals surface area contributed by atoms with E-state index in [-0.39, 0.29) is 0 Å². The minimum Gasteiger partial charge on any atom is -0.381 e. The molecule has 1 unspecified atom stereocenters. The normalized spacial score (nSPS) is 31.1.